The maximum absolute atomic E-state index is 10.8. The van der Waals surface area contributed by atoms with E-state index in [1.54, 1.807) is 13.8 Å². The summed E-state index contributed by atoms with van der Waals surface area (Å²) in [5.74, 6) is -0.996. The molecule has 0 radical (unpaired) electrons. The number of nitrogens with one attached hydrogen (secondary N) is 1. The largest absolute Gasteiger partial charge is 0.748 e. The van der Waals surface area contributed by atoms with Crippen LogP contribution in [0.5, 0.6) is 0 Å². The van der Waals surface area contributed by atoms with Gasteiger partial charge in [-0.25, -0.2) is 8.42 Å². The fourth-order valence-electron chi connectivity index (χ4n) is 0.503. The summed E-state index contributed by atoms with van der Waals surface area (Å²) < 4.78 is 30.2. The topological polar surface area (TPSA) is 86.3 Å². The summed E-state index contributed by atoms with van der Waals surface area (Å²) in [6, 6.07) is 0. The van der Waals surface area contributed by atoms with Crippen molar-refractivity contribution in [1.29, 1.82) is 0 Å². The van der Waals surface area contributed by atoms with Crippen molar-refractivity contribution in [2.75, 3.05) is 12.3 Å². The molecule has 0 aromatic heterocycles. The van der Waals surface area contributed by atoms with Gasteiger partial charge < -0.3 is 9.87 Å². The minimum absolute atomic E-state index is 0.108. The second kappa shape index (κ2) is 4.42. The molecule has 0 atom stereocenters. The van der Waals surface area contributed by atoms with Crippen molar-refractivity contribution in [3.63, 3.8) is 0 Å². The normalized spacial score (nSPS) is 11.7. The Kier molecular flexibility index (Phi) is 4.19. The minimum Gasteiger partial charge on any atom is -0.748 e. The zero-order valence-corrected chi connectivity index (χ0v) is 7.85. The Balaban J connectivity index is 3.66. The molecule has 0 aliphatic heterocycles. The lowest BCUT2D eigenvalue weighted by Gasteiger charge is -2.09. The minimum atomic E-state index is -4.21. The molecule has 0 fully saturated rings. The van der Waals surface area contributed by atoms with Gasteiger partial charge in [0.15, 0.2) is 0 Å². The standard InChI is InChI=1S/C6H13NO4S/c1-5(2)6(8)7-3-4-12(9,10)11/h5H,3-4H2,1-2H3,(H,7,8)(H,9,10,11)/p-1. The molecular formula is C6H12NO4S-. The maximum atomic E-state index is 10.8. The Morgan fingerprint density at radius 3 is 2.33 bits per heavy atom. The molecule has 0 saturated carbocycles. The van der Waals surface area contributed by atoms with E-state index in [0.29, 0.717) is 0 Å². The van der Waals surface area contributed by atoms with Gasteiger partial charge in [-0.3, -0.25) is 4.79 Å². The van der Waals surface area contributed by atoms with Gasteiger partial charge in [-0.1, -0.05) is 13.8 Å². The van der Waals surface area contributed by atoms with Crippen molar-refractivity contribution in [2.45, 2.75) is 13.8 Å². The number of rotatable bonds is 4. The maximum Gasteiger partial charge on any atom is 0.222 e. The van der Waals surface area contributed by atoms with Crippen molar-refractivity contribution >= 4 is 16.0 Å². The lowest BCUT2D eigenvalue weighted by Crippen LogP contribution is -2.31. The quantitative estimate of drug-likeness (QED) is 0.600. The van der Waals surface area contributed by atoms with Crippen molar-refractivity contribution in [3.05, 3.63) is 0 Å². The van der Waals surface area contributed by atoms with Crippen LogP contribution in [0.4, 0.5) is 0 Å². The van der Waals surface area contributed by atoms with E-state index in [1.807, 2.05) is 0 Å². The highest BCUT2D eigenvalue weighted by molar-refractivity contribution is 7.85. The first-order valence-corrected chi connectivity index (χ1v) is 5.12. The van der Waals surface area contributed by atoms with E-state index in [2.05, 4.69) is 5.32 Å². The summed E-state index contributed by atoms with van der Waals surface area (Å²) >= 11 is 0. The van der Waals surface area contributed by atoms with Gasteiger partial charge in [0, 0.05) is 12.5 Å². The molecule has 0 unspecified atom stereocenters. The summed E-state index contributed by atoms with van der Waals surface area (Å²) in [4.78, 5) is 10.8. The highest BCUT2D eigenvalue weighted by Crippen LogP contribution is 1.89. The van der Waals surface area contributed by atoms with Crippen molar-refractivity contribution in [3.8, 4) is 0 Å². The van der Waals surface area contributed by atoms with Crippen LogP contribution >= 0.6 is 0 Å². The first kappa shape index (κ1) is 11.4. The molecule has 0 saturated heterocycles. The summed E-state index contributed by atoms with van der Waals surface area (Å²) in [5.41, 5.74) is 0. The third kappa shape index (κ3) is 6.11. The molecule has 0 aliphatic rings. The van der Waals surface area contributed by atoms with Crippen LogP contribution in [0.3, 0.4) is 0 Å². The highest BCUT2D eigenvalue weighted by Gasteiger charge is 2.05. The number of carbonyl (C=O) groups excluding carboxylic acids is 1. The van der Waals surface area contributed by atoms with Gasteiger partial charge in [-0.05, 0) is 0 Å². The molecule has 0 spiro atoms. The Labute approximate surface area is 71.9 Å². The molecule has 0 heterocycles. The molecule has 5 nitrogen and oxygen atoms in total. The van der Waals surface area contributed by atoms with Gasteiger partial charge in [0.1, 0.15) is 0 Å². The Bertz CT molecular complexity index is 244. The van der Waals surface area contributed by atoms with Gasteiger partial charge in [0.2, 0.25) is 5.91 Å². The molecule has 0 rings (SSSR count). The van der Waals surface area contributed by atoms with Gasteiger partial charge in [-0.2, -0.15) is 0 Å². The van der Waals surface area contributed by atoms with Crippen LogP contribution in [0.15, 0.2) is 0 Å². The van der Waals surface area contributed by atoms with E-state index in [-0.39, 0.29) is 18.4 Å². The van der Waals surface area contributed by atoms with Crippen LogP contribution in [0.2, 0.25) is 0 Å². The predicted octanol–water partition coefficient (Wildman–Crippen LogP) is -0.696. The Morgan fingerprint density at radius 1 is 1.50 bits per heavy atom. The number of amides is 1. The predicted molar refractivity (Wildman–Crippen MR) is 42.4 cm³/mol. The van der Waals surface area contributed by atoms with Crippen LogP contribution in [0, 0.1) is 5.92 Å². The van der Waals surface area contributed by atoms with Crippen LogP contribution < -0.4 is 5.32 Å². The van der Waals surface area contributed by atoms with E-state index >= 15 is 0 Å². The van der Waals surface area contributed by atoms with Crippen molar-refractivity contribution in [2.24, 2.45) is 5.92 Å². The average Bonchev–Trinajstić information content (AvgIpc) is 1.84. The molecule has 12 heavy (non-hydrogen) atoms. The average molecular weight is 194 g/mol. The lowest BCUT2D eigenvalue weighted by atomic mass is 10.2. The van der Waals surface area contributed by atoms with E-state index in [9.17, 15) is 17.8 Å². The molecular weight excluding hydrogens is 182 g/mol. The second-order valence-electron chi connectivity index (χ2n) is 2.71. The van der Waals surface area contributed by atoms with Crippen molar-refractivity contribution in [1.82, 2.24) is 5.32 Å². The third-order valence-electron chi connectivity index (χ3n) is 1.18. The zero-order valence-electron chi connectivity index (χ0n) is 7.03. The van der Waals surface area contributed by atoms with Gasteiger partial charge in [-0.15, -0.1) is 0 Å². The monoisotopic (exact) mass is 194 g/mol. The fraction of sp³-hybridized carbons (Fsp3) is 0.833. The van der Waals surface area contributed by atoms with Gasteiger partial charge >= 0.3 is 0 Å². The number of hydrogen-bond donors (Lipinski definition) is 1. The molecule has 72 valence electrons. The zero-order chi connectivity index (χ0) is 9.78. The summed E-state index contributed by atoms with van der Waals surface area (Å²) in [6.45, 7) is 3.25. The summed E-state index contributed by atoms with van der Waals surface area (Å²) in [7, 11) is -4.21. The molecule has 0 aromatic carbocycles. The molecule has 6 heteroatoms. The highest BCUT2D eigenvalue weighted by atomic mass is 32.2. The van der Waals surface area contributed by atoms with E-state index < -0.39 is 15.9 Å². The molecule has 0 aliphatic carbocycles. The number of hydrogen-bond acceptors (Lipinski definition) is 4. The molecule has 0 aromatic rings. The SMILES string of the molecule is CC(C)C(=O)NCCS(=O)(=O)[O-]. The van der Waals surface area contributed by atoms with Crippen LogP contribution in [0.25, 0.3) is 0 Å². The first-order valence-electron chi connectivity index (χ1n) is 3.54. The summed E-state index contributed by atoms with van der Waals surface area (Å²) in [5, 5.41) is 2.32. The van der Waals surface area contributed by atoms with E-state index in [0.717, 1.165) is 0 Å². The fourth-order valence-corrected chi connectivity index (χ4v) is 0.855. The van der Waals surface area contributed by atoms with E-state index in [4.69, 9.17) is 0 Å². The van der Waals surface area contributed by atoms with Crippen LogP contribution in [0.1, 0.15) is 13.8 Å². The molecule has 1 N–H and O–H groups in total. The summed E-state index contributed by atoms with van der Waals surface area (Å²) in [6.07, 6.45) is 0. The van der Waals surface area contributed by atoms with Crippen LogP contribution in [-0.4, -0.2) is 31.2 Å². The van der Waals surface area contributed by atoms with Gasteiger partial charge in [0.25, 0.3) is 0 Å². The lowest BCUT2D eigenvalue weighted by molar-refractivity contribution is -0.123. The molecule has 0 bridgehead atoms. The second-order valence-corrected chi connectivity index (χ2v) is 4.23. The Hall–Kier alpha value is -0.620. The Morgan fingerprint density at radius 2 is 2.00 bits per heavy atom. The smallest absolute Gasteiger partial charge is 0.222 e. The van der Waals surface area contributed by atoms with E-state index in [1.165, 1.54) is 0 Å². The van der Waals surface area contributed by atoms with Gasteiger partial charge in [0.05, 0.1) is 15.9 Å². The first-order chi connectivity index (χ1) is 5.33. The van der Waals surface area contributed by atoms with Crippen molar-refractivity contribution < 1.29 is 17.8 Å². The third-order valence-corrected chi connectivity index (χ3v) is 1.88. The molecule has 1 amide bonds. The number of carbonyl (C=O) groups is 1. The van der Waals surface area contributed by atoms with Crippen LogP contribution in [-0.2, 0) is 14.9 Å².